The van der Waals surface area contributed by atoms with Crippen LogP contribution in [0.2, 0.25) is 0 Å². The summed E-state index contributed by atoms with van der Waals surface area (Å²) in [6, 6.07) is 2.43. The molecule has 2 fully saturated rings. The quantitative estimate of drug-likeness (QED) is 0.101. The molecule has 30 heteroatoms. The maximum Gasteiger partial charge on any atom is 0.479 e. The second kappa shape index (κ2) is 18.1. The summed E-state index contributed by atoms with van der Waals surface area (Å²) >= 11 is 0. The van der Waals surface area contributed by atoms with E-state index in [2.05, 4.69) is 18.3 Å². The molecule has 48 heavy (non-hydrogen) atoms. The Labute approximate surface area is 267 Å². The zero-order chi connectivity index (χ0) is 36.6. The van der Waals surface area contributed by atoms with E-state index in [1.165, 1.54) is 16.8 Å². The fourth-order valence-electron chi connectivity index (χ4n) is 3.85. The molecule has 12 N–H and O–H groups in total. The highest BCUT2D eigenvalue weighted by Gasteiger charge is 2.45. The van der Waals surface area contributed by atoms with E-state index in [-0.39, 0.29) is 18.8 Å². The van der Waals surface area contributed by atoms with Gasteiger partial charge in [0.15, 0.2) is 6.23 Å². The zero-order valence-corrected chi connectivity index (χ0v) is 27.5. The fourth-order valence-corrected chi connectivity index (χ4v) is 5.49. The van der Waals surface area contributed by atoms with Crippen molar-refractivity contribution in [3.05, 3.63) is 55.8 Å². The van der Waals surface area contributed by atoms with Gasteiger partial charge in [0.2, 0.25) is 0 Å². The number of aromatic amines is 1. The average molecular weight is 777 g/mol. The first kappa shape index (κ1) is 41.9. The van der Waals surface area contributed by atoms with Crippen LogP contribution in [0.5, 0.6) is 0 Å². The number of nitrogen functional groups attached to an aromatic ring is 1. The van der Waals surface area contributed by atoms with Gasteiger partial charge in [-0.05, 0) is 6.07 Å². The minimum absolute atomic E-state index is 0.0959. The third-order valence-electron chi connectivity index (χ3n) is 5.79. The summed E-state index contributed by atoms with van der Waals surface area (Å²) in [5.41, 5.74) is 3.19. The van der Waals surface area contributed by atoms with Crippen LogP contribution in [0, 0.1) is 0 Å². The number of aromatic nitrogens is 4. The number of phosphoric acid groups is 2. The highest BCUT2D eigenvalue weighted by atomic mass is 31.2. The Morgan fingerprint density at radius 3 is 2.08 bits per heavy atom. The molecule has 0 aromatic carbocycles. The molecule has 2 aliphatic rings. The Balaban J connectivity index is 0.000000298. The first-order chi connectivity index (χ1) is 22.1. The molecule has 0 radical (unpaired) electrons. The summed E-state index contributed by atoms with van der Waals surface area (Å²) < 4.78 is 66.3. The number of nitrogens with zero attached hydrogens (tertiary/aromatic N) is 3. The Morgan fingerprint density at radius 2 is 1.54 bits per heavy atom. The van der Waals surface area contributed by atoms with Crippen LogP contribution in [-0.4, -0.2) is 108 Å². The van der Waals surface area contributed by atoms with Crippen molar-refractivity contribution in [1.29, 1.82) is 0 Å². The lowest BCUT2D eigenvalue weighted by Crippen LogP contribution is -2.37. The second-order valence-electron chi connectivity index (χ2n) is 9.25. The number of H-pyrrole nitrogens is 1. The van der Waals surface area contributed by atoms with Gasteiger partial charge in [-0.2, -0.15) is 4.98 Å². The molecule has 0 bridgehead atoms. The molecule has 4 rings (SSSR count). The summed E-state index contributed by atoms with van der Waals surface area (Å²) in [4.78, 5) is 87.5. The first-order valence-electron chi connectivity index (χ1n) is 12.6. The third-order valence-corrected chi connectivity index (χ3v) is 8.23. The van der Waals surface area contributed by atoms with Gasteiger partial charge < -0.3 is 64.4 Å². The molecule has 0 spiro atoms. The molecule has 0 aliphatic carbocycles. The molecule has 2 saturated heterocycles. The highest BCUT2D eigenvalue weighted by molar-refractivity contribution is 7.55. The number of hydrogen-bond donors (Lipinski definition) is 11. The van der Waals surface area contributed by atoms with Crippen molar-refractivity contribution in [3.63, 3.8) is 0 Å². The summed E-state index contributed by atoms with van der Waals surface area (Å²) in [5, 5.41) is 29.5. The second-order valence-corrected chi connectivity index (χ2v) is 13.6. The molecular weight excluding hydrogens is 746 g/mol. The van der Waals surface area contributed by atoms with Gasteiger partial charge in [0.05, 0.1) is 19.3 Å². The smallest absolute Gasteiger partial charge is 0.390 e. The number of nitrogens with one attached hydrogen (secondary N) is 1. The first-order valence-corrected chi connectivity index (χ1v) is 18.2. The number of hydrogen-bond acceptors (Lipinski definition) is 17. The van der Waals surface area contributed by atoms with E-state index in [9.17, 15) is 43.4 Å². The highest BCUT2D eigenvalue weighted by Crippen LogP contribution is 2.51. The van der Waals surface area contributed by atoms with Crippen molar-refractivity contribution in [1.82, 2.24) is 19.1 Å². The van der Waals surface area contributed by atoms with E-state index in [0.29, 0.717) is 0 Å². The molecule has 2 aromatic heterocycles. The van der Waals surface area contributed by atoms with Crippen LogP contribution in [0.3, 0.4) is 0 Å². The van der Waals surface area contributed by atoms with Gasteiger partial charge in [-0.15, -0.1) is 0 Å². The Morgan fingerprint density at radius 1 is 0.938 bits per heavy atom. The monoisotopic (exact) mass is 777 g/mol. The lowest BCUT2D eigenvalue weighted by Gasteiger charge is -2.17. The van der Waals surface area contributed by atoms with Crippen LogP contribution in [0.15, 0.2) is 38.9 Å². The Hall–Kier alpha value is -2.28. The topological polar surface area (TPSA) is 412 Å². The zero-order valence-electron chi connectivity index (χ0n) is 23.7. The largest absolute Gasteiger partial charge is 0.479 e. The summed E-state index contributed by atoms with van der Waals surface area (Å²) in [5.74, 6) is 0.0959. The minimum Gasteiger partial charge on any atom is -0.390 e. The van der Waals surface area contributed by atoms with E-state index < -0.39 is 98.7 Å². The molecule has 4 heterocycles. The van der Waals surface area contributed by atoms with Gasteiger partial charge in [0, 0.05) is 24.9 Å². The number of phosphoric ester groups is 1. The minimum atomic E-state index is -4.86. The van der Waals surface area contributed by atoms with Crippen molar-refractivity contribution in [2.45, 2.75) is 49.4 Å². The Kier molecular flexibility index (Phi) is 15.8. The van der Waals surface area contributed by atoms with Crippen molar-refractivity contribution < 1.29 is 85.8 Å². The molecule has 2 aromatic rings. The number of aliphatic hydroxyl groups excluding tert-OH is 3. The van der Waals surface area contributed by atoms with Gasteiger partial charge in [-0.25, -0.2) is 23.0 Å². The van der Waals surface area contributed by atoms with Crippen LogP contribution in [-0.2, 0) is 41.1 Å². The molecule has 2 aliphatic heterocycles. The Bertz CT molecular complexity index is 1690. The number of anilines is 1. The van der Waals surface area contributed by atoms with Gasteiger partial charge in [-0.3, -0.25) is 32.6 Å². The lowest BCUT2D eigenvalue weighted by atomic mass is 10.1. The van der Waals surface area contributed by atoms with Crippen LogP contribution in [0.1, 0.15) is 18.9 Å². The summed E-state index contributed by atoms with van der Waals surface area (Å²) in [6.45, 7) is -1.00. The molecule has 0 saturated carbocycles. The van der Waals surface area contributed by atoms with E-state index in [1.54, 1.807) is 0 Å². The number of aliphatic hydroxyl groups is 3. The lowest BCUT2D eigenvalue weighted by molar-refractivity contribution is -0.0540. The third kappa shape index (κ3) is 13.9. The molecule has 0 amide bonds. The van der Waals surface area contributed by atoms with Gasteiger partial charge in [0.25, 0.3) is 5.56 Å². The van der Waals surface area contributed by atoms with Crippen LogP contribution in [0.25, 0.3) is 0 Å². The standard InChI is InChI=1S/C9H14N3O6P.C9H14N2O11P2.H3O4P/c10-7-1-2-12(9(14)11-7)8-3-5(13)6(18-8)4-17-19(15)16;12-5-1-2-11(9(15)10-5)8-7(14)6(13)4(21-8)3-20-24(18,19)22-23(16)17;1-5(2,3)4/h1-2,5-6,8,13,19H,3-4H2,(H,15,16)(H2,10,11,14);1-2,4,6-8,13-14,23H,3H2,(H,16,17)(H,18,19)(H,10,12,15);(H3,1,2,3,4)/t5-,6?,8+;4-,6+,7-,8-;/m01./s1. The van der Waals surface area contributed by atoms with Gasteiger partial charge in [0.1, 0.15) is 36.5 Å². The maximum atomic E-state index is 11.7. The van der Waals surface area contributed by atoms with E-state index in [1.807, 2.05) is 4.98 Å². The number of ether oxygens (including phenoxy) is 2. The van der Waals surface area contributed by atoms with Crippen molar-refractivity contribution in [2.24, 2.45) is 0 Å². The maximum absolute atomic E-state index is 11.7. The van der Waals surface area contributed by atoms with Crippen molar-refractivity contribution in [2.75, 3.05) is 18.9 Å². The van der Waals surface area contributed by atoms with E-state index >= 15 is 0 Å². The van der Waals surface area contributed by atoms with E-state index in [4.69, 9.17) is 49.1 Å². The predicted octanol–water partition coefficient (Wildman–Crippen LogP) is -4.38. The number of nitrogens with two attached hydrogens (primary N) is 1. The fraction of sp³-hybridized carbons (Fsp3) is 0.556. The predicted molar refractivity (Wildman–Crippen MR) is 154 cm³/mol. The van der Waals surface area contributed by atoms with Crippen molar-refractivity contribution in [3.8, 4) is 0 Å². The summed E-state index contributed by atoms with van der Waals surface area (Å²) in [6.07, 6.45) is -5.73. The van der Waals surface area contributed by atoms with Crippen LogP contribution >= 0.6 is 32.2 Å². The van der Waals surface area contributed by atoms with Crippen LogP contribution in [0.4, 0.5) is 5.82 Å². The SMILES string of the molecule is Nc1ccn([C@H]2C[C@H](O)C(CO[PH](=O)O)O2)c(=O)n1.O=P(O)(O)O.O=c1ccn([C@@H]2O[C@H](COP(=O)(O)O[PH](=O)O)[C@H](O)[C@H]2O)c(=O)[nH]1. The molecular formula is C18H31N5O21P4. The van der Waals surface area contributed by atoms with Crippen molar-refractivity contribution >= 4 is 38.0 Å². The molecule has 274 valence electrons. The van der Waals surface area contributed by atoms with E-state index in [0.717, 1.165) is 16.8 Å². The molecule has 10 atom stereocenters. The molecule has 26 nitrogen and oxygen atoms in total. The number of rotatable bonds is 10. The van der Waals surface area contributed by atoms with Gasteiger partial charge in [-0.1, -0.05) is 0 Å². The molecule has 4 unspecified atom stereocenters. The summed E-state index contributed by atoms with van der Waals surface area (Å²) in [7, 11) is -16.3. The van der Waals surface area contributed by atoms with Crippen LogP contribution < -0.4 is 22.7 Å². The normalized spacial score (nSPS) is 27.9. The average Bonchev–Trinajstić information content (AvgIpc) is 3.43. The van der Waals surface area contributed by atoms with Gasteiger partial charge >= 0.3 is 43.5 Å².